The molecule has 7 nitrogen and oxygen atoms in total. The Kier molecular flexibility index (Phi) is 3.94. The van der Waals surface area contributed by atoms with E-state index in [9.17, 15) is 0 Å². The minimum absolute atomic E-state index is 0.246. The summed E-state index contributed by atoms with van der Waals surface area (Å²) in [7, 11) is 1.76. The molecule has 3 rings (SSSR count). The zero-order valence-corrected chi connectivity index (χ0v) is 12.4. The van der Waals surface area contributed by atoms with E-state index in [0.29, 0.717) is 17.8 Å². The lowest BCUT2D eigenvalue weighted by Gasteiger charge is -2.22. The molecule has 3 heterocycles. The van der Waals surface area contributed by atoms with Crippen LogP contribution >= 0.6 is 0 Å². The van der Waals surface area contributed by atoms with Crippen molar-refractivity contribution in [1.29, 1.82) is 0 Å². The largest absolute Gasteiger partial charge is 0.449 e. The minimum Gasteiger partial charge on any atom is -0.449 e. The molecule has 0 saturated carbocycles. The number of oxazole rings is 1. The standard InChI is InChI=1S/C14H21N5O2/c1-10-16-11(9-21-10)6-18-8-13(20-2)5-12(18)7-19-4-3-14(15)17-19/h3-4,9,12-13H,5-8H2,1-2H3,(H2,15,17)/t12-,13-/m0/s1. The van der Waals surface area contributed by atoms with E-state index >= 15 is 0 Å². The van der Waals surface area contributed by atoms with Gasteiger partial charge in [-0.15, -0.1) is 0 Å². The van der Waals surface area contributed by atoms with E-state index < -0.39 is 0 Å². The van der Waals surface area contributed by atoms with Crippen molar-refractivity contribution in [3.63, 3.8) is 0 Å². The number of nitrogens with two attached hydrogens (primary N) is 1. The van der Waals surface area contributed by atoms with Crippen molar-refractivity contribution in [3.05, 3.63) is 30.1 Å². The van der Waals surface area contributed by atoms with Crippen LogP contribution in [0.4, 0.5) is 5.82 Å². The van der Waals surface area contributed by atoms with Crippen LogP contribution in [0.5, 0.6) is 0 Å². The van der Waals surface area contributed by atoms with Gasteiger partial charge < -0.3 is 14.9 Å². The molecule has 0 aliphatic carbocycles. The maximum absolute atomic E-state index is 5.67. The first kappa shape index (κ1) is 14.1. The smallest absolute Gasteiger partial charge is 0.191 e. The molecule has 2 aromatic rings. The highest BCUT2D eigenvalue weighted by molar-refractivity contribution is 5.23. The van der Waals surface area contributed by atoms with Crippen molar-refractivity contribution >= 4 is 5.82 Å². The lowest BCUT2D eigenvalue weighted by molar-refractivity contribution is 0.107. The molecule has 1 aliphatic rings. The van der Waals surface area contributed by atoms with Gasteiger partial charge in [0.2, 0.25) is 0 Å². The fourth-order valence-corrected chi connectivity index (χ4v) is 2.88. The number of hydrogen-bond donors (Lipinski definition) is 1. The summed E-state index contributed by atoms with van der Waals surface area (Å²) >= 11 is 0. The highest BCUT2D eigenvalue weighted by Gasteiger charge is 2.32. The number of aromatic nitrogens is 3. The molecule has 2 N–H and O–H groups in total. The first-order valence-electron chi connectivity index (χ1n) is 7.11. The number of aryl methyl sites for hydroxylation is 1. The van der Waals surface area contributed by atoms with E-state index in [0.717, 1.165) is 31.7 Å². The summed E-state index contributed by atoms with van der Waals surface area (Å²) in [5, 5.41) is 4.26. The Bertz CT molecular complexity index is 543. The van der Waals surface area contributed by atoms with Gasteiger partial charge in [0.15, 0.2) is 5.89 Å². The molecule has 0 spiro atoms. The molecule has 0 unspecified atom stereocenters. The van der Waals surface area contributed by atoms with Crippen LogP contribution in [0, 0.1) is 6.92 Å². The van der Waals surface area contributed by atoms with E-state index in [1.807, 2.05) is 23.9 Å². The maximum Gasteiger partial charge on any atom is 0.191 e. The molecular formula is C14H21N5O2. The Morgan fingerprint density at radius 2 is 2.38 bits per heavy atom. The minimum atomic E-state index is 0.246. The summed E-state index contributed by atoms with van der Waals surface area (Å²) in [4.78, 5) is 6.74. The number of rotatable bonds is 5. The number of hydrogen-bond acceptors (Lipinski definition) is 6. The van der Waals surface area contributed by atoms with Crippen LogP contribution < -0.4 is 5.73 Å². The highest BCUT2D eigenvalue weighted by atomic mass is 16.5. The third kappa shape index (κ3) is 3.25. The topological polar surface area (TPSA) is 82.3 Å². The lowest BCUT2D eigenvalue weighted by atomic mass is 10.2. The molecular weight excluding hydrogens is 270 g/mol. The molecule has 1 fully saturated rings. The van der Waals surface area contributed by atoms with Gasteiger partial charge in [0, 0.05) is 39.4 Å². The lowest BCUT2D eigenvalue weighted by Crippen LogP contribution is -2.33. The van der Waals surface area contributed by atoms with E-state index in [1.165, 1.54) is 0 Å². The molecule has 21 heavy (non-hydrogen) atoms. The third-order valence-corrected chi connectivity index (χ3v) is 3.91. The summed E-state index contributed by atoms with van der Waals surface area (Å²) in [5.74, 6) is 1.25. The van der Waals surface area contributed by atoms with Crippen LogP contribution in [0.1, 0.15) is 18.0 Å². The fourth-order valence-electron chi connectivity index (χ4n) is 2.88. The fraction of sp³-hybridized carbons (Fsp3) is 0.571. The number of nitrogen functional groups attached to an aromatic ring is 1. The van der Waals surface area contributed by atoms with Crippen LogP contribution in [0.3, 0.4) is 0 Å². The molecule has 2 atom stereocenters. The SMILES string of the molecule is CO[C@H]1C[C@@H](Cn2ccc(N)n2)N(Cc2coc(C)n2)C1. The normalized spacial score (nSPS) is 23.0. The second-order valence-electron chi connectivity index (χ2n) is 5.50. The van der Waals surface area contributed by atoms with Crippen molar-refractivity contribution in [1.82, 2.24) is 19.7 Å². The predicted molar refractivity (Wildman–Crippen MR) is 77.5 cm³/mol. The highest BCUT2D eigenvalue weighted by Crippen LogP contribution is 2.23. The van der Waals surface area contributed by atoms with Crippen molar-refractivity contribution in [2.45, 2.75) is 38.6 Å². The Balaban J connectivity index is 1.69. The molecule has 0 radical (unpaired) electrons. The van der Waals surface area contributed by atoms with Gasteiger partial charge in [0.25, 0.3) is 0 Å². The van der Waals surface area contributed by atoms with Crippen molar-refractivity contribution in [2.24, 2.45) is 0 Å². The third-order valence-electron chi connectivity index (χ3n) is 3.91. The Morgan fingerprint density at radius 1 is 1.52 bits per heavy atom. The van der Waals surface area contributed by atoms with E-state index in [4.69, 9.17) is 14.9 Å². The van der Waals surface area contributed by atoms with Crippen LogP contribution in [0.2, 0.25) is 0 Å². The van der Waals surface area contributed by atoms with Crippen molar-refractivity contribution < 1.29 is 9.15 Å². The Hall–Kier alpha value is -1.86. The second kappa shape index (κ2) is 5.87. The monoisotopic (exact) mass is 291 g/mol. The van der Waals surface area contributed by atoms with E-state index in [2.05, 4.69) is 15.0 Å². The summed E-state index contributed by atoms with van der Waals surface area (Å²) in [5.41, 5.74) is 6.63. The van der Waals surface area contributed by atoms with Crippen LogP contribution in [0.25, 0.3) is 0 Å². The quantitative estimate of drug-likeness (QED) is 0.886. The summed E-state index contributed by atoms with van der Waals surface area (Å²) in [6.45, 7) is 4.31. The van der Waals surface area contributed by atoms with Gasteiger partial charge in [-0.2, -0.15) is 5.10 Å². The van der Waals surface area contributed by atoms with Crippen LogP contribution in [-0.4, -0.2) is 45.5 Å². The molecule has 1 saturated heterocycles. The average molecular weight is 291 g/mol. The molecule has 0 bridgehead atoms. The number of nitrogens with zero attached hydrogens (tertiary/aromatic N) is 4. The van der Waals surface area contributed by atoms with E-state index in [1.54, 1.807) is 13.4 Å². The summed E-state index contributed by atoms with van der Waals surface area (Å²) in [6, 6.07) is 2.17. The van der Waals surface area contributed by atoms with Crippen molar-refractivity contribution in [2.75, 3.05) is 19.4 Å². The van der Waals surface area contributed by atoms with Gasteiger partial charge in [0.1, 0.15) is 12.1 Å². The van der Waals surface area contributed by atoms with Gasteiger partial charge in [-0.1, -0.05) is 0 Å². The van der Waals surface area contributed by atoms with Gasteiger partial charge in [-0.05, 0) is 12.5 Å². The molecule has 0 aromatic carbocycles. The van der Waals surface area contributed by atoms with Gasteiger partial charge in [-0.25, -0.2) is 4.98 Å². The predicted octanol–water partition coefficient (Wildman–Crippen LogP) is 1.05. The first-order valence-corrected chi connectivity index (χ1v) is 7.11. The number of anilines is 1. The first-order chi connectivity index (χ1) is 10.1. The maximum atomic E-state index is 5.67. The van der Waals surface area contributed by atoms with E-state index in [-0.39, 0.29) is 6.10 Å². The zero-order chi connectivity index (χ0) is 14.8. The second-order valence-corrected chi connectivity index (χ2v) is 5.50. The number of likely N-dealkylation sites (tertiary alicyclic amines) is 1. The zero-order valence-electron chi connectivity index (χ0n) is 12.4. The van der Waals surface area contributed by atoms with Gasteiger partial charge in [0.05, 0.1) is 18.3 Å². The number of methoxy groups -OCH3 is 1. The van der Waals surface area contributed by atoms with Gasteiger partial charge >= 0.3 is 0 Å². The van der Waals surface area contributed by atoms with Crippen molar-refractivity contribution in [3.8, 4) is 0 Å². The molecule has 1 aliphatic heterocycles. The summed E-state index contributed by atoms with van der Waals surface area (Å²) < 4.78 is 12.7. The Morgan fingerprint density at radius 3 is 3.00 bits per heavy atom. The number of ether oxygens (including phenoxy) is 1. The summed E-state index contributed by atoms with van der Waals surface area (Å²) in [6.07, 6.45) is 4.86. The molecule has 7 heteroatoms. The van der Waals surface area contributed by atoms with Crippen LogP contribution in [0.15, 0.2) is 22.9 Å². The van der Waals surface area contributed by atoms with Gasteiger partial charge in [-0.3, -0.25) is 9.58 Å². The Labute approximate surface area is 123 Å². The molecule has 114 valence electrons. The molecule has 0 amide bonds. The van der Waals surface area contributed by atoms with Crippen LogP contribution in [-0.2, 0) is 17.8 Å². The average Bonchev–Trinajstić information content (AvgIpc) is 3.14. The molecule has 2 aromatic heterocycles.